The van der Waals surface area contributed by atoms with Gasteiger partial charge in [0.05, 0.1) is 19.6 Å². The van der Waals surface area contributed by atoms with Gasteiger partial charge < -0.3 is 16.0 Å². The standard InChI is InChI=1S/C12H23N5O2.HI/c1-4-9(3)16-11(13-5-2)14-6-7-17-10(18)8-15-12(17)19;/h9H,4-8H2,1-3H3,(H,15,19)(H2,13,14,16);1H. The predicted octanol–water partition coefficient (Wildman–Crippen LogP) is 0.510. The SMILES string of the molecule is CCNC(=NCCN1C(=O)CNC1=O)NC(C)CC.I. The third-order valence-corrected chi connectivity index (χ3v) is 2.87. The maximum absolute atomic E-state index is 11.4. The number of aliphatic imine (C=N–C) groups is 1. The van der Waals surface area contributed by atoms with Crippen LogP contribution in [0.3, 0.4) is 0 Å². The second-order valence-electron chi connectivity index (χ2n) is 4.42. The average Bonchev–Trinajstić information content (AvgIpc) is 2.70. The van der Waals surface area contributed by atoms with Gasteiger partial charge in [0.2, 0.25) is 5.91 Å². The Morgan fingerprint density at radius 2 is 2.15 bits per heavy atom. The van der Waals surface area contributed by atoms with Crippen molar-refractivity contribution in [3.8, 4) is 0 Å². The van der Waals surface area contributed by atoms with E-state index in [1.807, 2.05) is 6.92 Å². The van der Waals surface area contributed by atoms with E-state index in [4.69, 9.17) is 0 Å². The van der Waals surface area contributed by atoms with Crippen molar-refractivity contribution in [3.05, 3.63) is 0 Å². The van der Waals surface area contributed by atoms with Crippen LogP contribution in [0.25, 0.3) is 0 Å². The number of guanidine groups is 1. The summed E-state index contributed by atoms with van der Waals surface area (Å²) in [5.41, 5.74) is 0. The number of carbonyl (C=O) groups excluding carboxylic acids is 2. The van der Waals surface area contributed by atoms with Crippen molar-refractivity contribution in [2.45, 2.75) is 33.2 Å². The van der Waals surface area contributed by atoms with Crippen molar-refractivity contribution in [1.82, 2.24) is 20.9 Å². The van der Waals surface area contributed by atoms with Crippen LogP contribution in [-0.2, 0) is 4.79 Å². The largest absolute Gasteiger partial charge is 0.357 e. The van der Waals surface area contributed by atoms with Crippen LogP contribution in [0.5, 0.6) is 0 Å². The molecule has 1 unspecified atom stereocenters. The Kier molecular flexibility index (Phi) is 9.26. The van der Waals surface area contributed by atoms with Crippen LogP contribution in [0.2, 0.25) is 0 Å². The highest BCUT2D eigenvalue weighted by Crippen LogP contribution is 1.98. The highest BCUT2D eigenvalue weighted by Gasteiger charge is 2.27. The minimum Gasteiger partial charge on any atom is -0.357 e. The molecule has 8 heteroatoms. The molecule has 1 heterocycles. The van der Waals surface area contributed by atoms with Crippen LogP contribution in [-0.4, -0.2) is 55.0 Å². The van der Waals surface area contributed by atoms with Crippen LogP contribution in [0, 0.1) is 0 Å². The molecule has 0 aromatic rings. The van der Waals surface area contributed by atoms with E-state index in [9.17, 15) is 9.59 Å². The van der Waals surface area contributed by atoms with Gasteiger partial charge in [0, 0.05) is 12.6 Å². The molecule has 20 heavy (non-hydrogen) atoms. The quantitative estimate of drug-likeness (QED) is 0.264. The zero-order valence-corrected chi connectivity index (χ0v) is 14.6. The van der Waals surface area contributed by atoms with Crippen LogP contribution < -0.4 is 16.0 Å². The molecule has 1 aliphatic heterocycles. The van der Waals surface area contributed by atoms with Gasteiger partial charge in [-0.25, -0.2) is 4.79 Å². The number of urea groups is 1. The third-order valence-electron chi connectivity index (χ3n) is 2.87. The highest BCUT2D eigenvalue weighted by atomic mass is 127. The molecular formula is C12H24IN5O2. The summed E-state index contributed by atoms with van der Waals surface area (Å²) in [6.07, 6.45) is 0.997. The topological polar surface area (TPSA) is 85.8 Å². The van der Waals surface area contributed by atoms with Gasteiger partial charge in [0.1, 0.15) is 0 Å². The molecule has 0 bridgehead atoms. The second kappa shape index (κ2) is 9.78. The van der Waals surface area contributed by atoms with E-state index in [0.29, 0.717) is 25.1 Å². The van der Waals surface area contributed by atoms with Crippen molar-refractivity contribution >= 4 is 41.9 Å². The Morgan fingerprint density at radius 1 is 1.45 bits per heavy atom. The first-order chi connectivity index (χ1) is 9.08. The monoisotopic (exact) mass is 397 g/mol. The summed E-state index contributed by atoms with van der Waals surface area (Å²) in [6.45, 7) is 7.72. The third kappa shape index (κ3) is 5.93. The number of imide groups is 1. The lowest BCUT2D eigenvalue weighted by Crippen LogP contribution is -2.42. The molecule has 0 aromatic heterocycles. The smallest absolute Gasteiger partial charge is 0.324 e. The molecule has 1 aliphatic rings. The van der Waals surface area contributed by atoms with Crippen molar-refractivity contribution in [2.24, 2.45) is 4.99 Å². The van der Waals surface area contributed by atoms with Crippen molar-refractivity contribution in [3.63, 3.8) is 0 Å². The van der Waals surface area contributed by atoms with E-state index in [0.717, 1.165) is 13.0 Å². The Labute approximate surface area is 137 Å². The lowest BCUT2D eigenvalue weighted by molar-refractivity contribution is -0.124. The van der Waals surface area contributed by atoms with Crippen LogP contribution in [0.4, 0.5) is 4.79 Å². The number of rotatable bonds is 6. The predicted molar refractivity (Wildman–Crippen MR) is 89.4 cm³/mol. The Hall–Kier alpha value is -1.06. The molecule has 0 aliphatic carbocycles. The first kappa shape index (κ1) is 18.9. The van der Waals surface area contributed by atoms with Gasteiger partial charge in [-0.05, 0) is 20.3 Å². The fraction of sp³-hybridized carbons (Fsp3) is 0.750. The fourth-order valence-electron chi connectivity index (χ4n) is 1.60. The summed E-state index contributed by atoms with van der Waals surface area (Å²) >= 11 is 0. The zero-order chi connectivity index (χ0) is 14.3. The maximum Gasteiger partial charge on any atom is 0.324 e. The zero-order valence-electron chi connectivity index (χ0n) is 12.2. The average molecular weight is 397 g/mol. The van der Waals surface area contributed by atoms with Gasteiger partial charge in [0.15, 0.2) is 5.96 Å². The second-order valence-corrected chi connectivity index (χ2v) is 4.42. The van der Waals surface area contributed by atoms with E-state index in [1.54, 1.807) is 0 Å². The van der Waals surface area contributed by atoms with E-state index in [2.05, 4.69) is 34.8 Å². The molecule has 0 saturated carbocycles. The van der Waals surface area contributed by atoms with Gasteiger partial charge in [-0.2, -0.15) is 0 Å². The molecular weight excluding hydrogens is 373 g/mol. The summed E-state index contributed by atoms with van der Waals surface area (Å²) in [5.74, 6) is 0.518. The lowest BCUT2D eigenvalue weighted by Gasteiger charge is -2.17. The number of amides is 3. The molecule has 1 rings (SSSR count). The van der Waals surface area contributed by atoms with Crippen molar-refractivity contribution in [2.75, 3.05) is 26.2 Å². The van der Waals surface area contributed by atoms with Crippen LogP contribution in [0.1, 0.15) is 27.2 Å². The molecule has 7 nitrogen and oxygen atoms in total. The fourth-order valence-corrected chi connectivity index (χ4v) is 1.60. The number of hydrogen-bond acceptors (Lipinski definition) is 3. The molecule has 3 N–H and O–H groups in total. The van der Waals surface area contributed by atoms with Crippen LogP contribution >= 0.6 is 24.0 Å². The summed E-state index contributed by atoms with van der Waals surface area (Å²) in [5, 5.41) is 8.86. The molecule has 0 spiro atoms. The molecule has 3 amide bonds. The molecule has 116 valence electrons. The minimum absolute atomic E-state index is 0. The lowest BCUT2D eigenvalue weighted by atomic mass is 10.3. The van der Waals surface area contributed by atoms with Gasteiger partial charge in [-0.3, -0.25) is 14.7 Å². The summed E-state index contributed by atoms with van der Waals surface area (Å²) < 4.78 is 0. The van der Waals surface area contributed by atoms with Gasteiger partial charge in [0.25, 0.3) is 0 Å². The van der Waals surface area contributed by atoms with Gasteiger partial charge in [-0.1, -0.05) is 6.92 Å². The summed E-state index contributed by atoms with van der Waals surface area (Å²) in [7, 11) is 0. The molecule has 1 fully saturated rings. The Balaban J connectivity index is 0.00000361. The van der Waals surface area contributed by atoms with E-state index in [-0.39, 0.29) is 42.5 Å². The number of carbonyl (C=O) groups is 2. The first-order valence-corrected chi connectivity index (χ1v) is 6.71. The number of halogens is 1. The summed E-state index contributed by atoms with van der Waals surface area (Å²) in [6, 6.07) is -0.00500. The minimum atomic E-state index is -0.333. The number of nitrogens with one attached hydrogen (secondary N) is 3. The summed E-state index contributed by atoms with van der Waals surface area (Å²) in [4.78, 5) is 28.2. The maximum atomic E-state index is 11.4. The molecule has 1 atom stereocenters. The number of hydrogen-bond donors (Lipinski definition) is 3. The number of nitrogens with zero attached hydrogens (tertiary/aromatic N) is 2. The van der Waals surface area contributed by atoms with Crippen molar-refractivity contribution < 1.29 is 9.59 Å². The van der Waals surface area contributed by atoms with E-state index < -0.39 is 0 Å². The Bertz CT molecular complexity index is 346. The highest BCUT2D eigenvalue weighted by molar-refractivity contribution is 14.0. The van der Waals surface area contributed by atoms with Gasteiger partial charge >= 0.3 is 6.03 Å². The Morgan fingerprint density at radius 3 is 2.65 bits per heavy atom. The molecule has 1 saturated heterocycles. The van der Waals surface area contributed by atoms with Crippen molar-refractivity contribution in [1.29, 1.82) is 0 Å². The molecule has 0 radical (unpaired) electrons. The van der Waals surface area contributed by atoms with E-state index in [1.165, 1.54) is 4.90 Å². The van der Waals surface area contributed by atoms with E-state index >= 15 is 0 Å². The first-order valence-electron chi connectivity index (χ1n) is 6.71. The normalized spacial score (nSPS) is 16.6. The molecule has 0 aromatic carbocycles. The van der Waals surface area contributed by atoms with Gasteiger partial charge in [-0.15, -0.1) is 24.0 Å². The van der Waals surface area contributed by atoms with Crippen LogP contribution in [0.15, 0.2) is 4.99 Å².